The number of ether oxygens (including phenoxy) is 1. The van der Waals surface area contributed by atoms with Crippen molar-refractivity contribution < 1.29 is 9.53 Å². The van der Waals surface area contributed by atoms with Crippen LogP contribution in [0.5, 0.6) is 0 Å². The van der Waals surface area contributed by atoms with E-state index in [0.717, 1.165) is 11.3 Å². The molecule has 0 spiro atoms. The number of aryl methyl sites for hydroxylation is 2. The summed E-state index contributed by atoms with van der Waals surface area (Å²) in [4.78, 5) is 16.4. The van der Waals surface area contributed by atoms with Crippen molar-refractivity contribution in [2.75, 3.05) is 30.9 Å². The van der Waals surface area contributed by atoms with Crippen LogP contribution in [0, 0.1) is 13.8 Å². The van der Waals surface area contributed by atoms with E-state index in [1.54, 1.807) is 19.4 Å². The van der Waals surface area contributed by atoms with Gasteiger partial charge >= 0.3 is 0 Å². The van der Waals surface area contributed by atoms with E-state index in [1.165, 1.54) is 5.56 Å². The topological polar surface area (TPSA) is 63.2 Å². The highest BCUT2D eigenvalue weighted by molar-refractivity contribution is 6.03. The van der Waals surface area contributed by atoms with E-state index in [1.807, 2.05) is 38.1 Å². The number of carbonyl (C=O) groups excluding carboxylic acids is 1. The summed E-state index contributed by atoms with van der Waals surface area (Å²) in [6.07, 6.45) is 1.69. The van der Waals surface area contributed by atoms with Crippen LogP contribution in [0.1, 0.15) is 21.5 Å². The summed E-state index contributed by atoms with van der Waals surface area (Å²) in [5.41, 5.74) is 3.79. The Hall–Kier alpha value is -2.40. The Kier molecular flexibility index (Phi) is 5.49. The number of aromatic nitrogens is 1. The second-order valence-corrected chi connectivity index (χ2v) is 5.10. The fourth-order valence-electron chi connectivity index (χ4n) is 1.94. The van der Waals surface area contributed by atoms with Crippen LogP contribution in [0.15, 0.2) is 36.5 Å². The van der Waals surface area contributed by atoms with Crippen molar-refractivity contribution in [2.45, 2.75) is 13.8 Å². The normalized spacial score (nSPS) is 10.3. The van der Waals surface area contributed by atoms with Gasteiger partial charge in [-0.3, -0.25) is 4.79 Å². The fraction of sp³-hybridized carbons (Fsp3) is 0.294. The molecular weight excluding hydrogens is 278 g/mol. The van der Waals surface area contributed by atoms with E-state index in [4.69, 9.17) is 4.74 Å². The number of hydrogen-bond donors (Lipinski definition) is 2. The minimum atomic E-state index is -0.157. The number of amides is 1. The predicted molar refractivity (Wildman–Crippen MR) is 88.5 cm³/mol. The number of benzene rings is 1. The van der Waals surface area contributed by atoms with Gasteiger partial charge in [-0.25, -0.2) is 4.98 Å². The molecule has 0 radical (unpaired) electrons. The number of methoxy groups -OCH3 is 1. The number of anilines is 2. The molecule has 0 aliphatic carbocycles. The van der Waals surface area contributed by atoms with Crippen LogP contribution >= 0.6 is 0 Å². The van der Waals surface area contributed by atoms with E-state index in [2.05, 4.69) is 15.6 Å². The Balaban J connectivity index is 1.97. The zero-order valence-electron chi connectivity index (χ0n) is 13.1. The van der Waals surface area contributed by atoms with Gasteiger partial charge < -0.3 is 15.4 Å². The molecule has 5 nitrogen and oxygen atoms in total. The maximum atomic E-state index is 12.2. The third kappa shape index (κ3) is 4.30. The van der Waals surface area contributed by atoms with Crippen molar-refractivity contribution in [1.29, 1.82) is 0 Å². The molecule has 1 aromatic carbocycles. The van der Waals surface area contributed by atoms with Crippen LogP contribution in [0.4, 0.5) is 11.5 Å². The number of carbonyl (C=O) groups is 1. The molecule has 0 fully saturated rings. The summed E-state index contributed by atoms with van der Waals surface area (Å²) in [7, 11) is 1.66. The van der Waals surface area contributed by atoms with Gasteiger partial charge in [0.25, 0.3) is 5.91 Å². The average Bonchev–Trinajstić information content (AvgIpc) is 2.52. The second-order valence-electron chi connectivity index (χ2n) is 5.10. The van der Waals surface area contributed by atoms with Crippen LogP contribution in [0.2, 0.25) is 0 Å². The van der Waals surface area contributed by atoms with Crippen LogP contribution in [0.3, 0.4) is 0 Å². The molecule has 2 aromatic rings. The number of pyridine rings is 1. The standard InChI is InChI=1S/C17H21N3O2/c1-12-4-5-14(10-13(12)2)17(21)20-16-7-6-15(11-19-16)18-8-9-22-3/h4-7,10-11,18H,8-9H2,1-3H3,(H,19,20,21). The number of hydrogen-bond acceptors (Lipinski definition) is 4. The molecule has 1 aromatic heterocycles. The molecule has 0 saturated carbocycles. The highest BCUT2D eigenvalue weighted by Gasteiger charge is 2.07. The van der Waals surface area contributed by atoms with Crippen molar-refractivity contribution >= 4 is 17.4 Å². The van der Waals surface area contributed by atoms with Crippen LogP contribution < -0.4 is 10.6 Å². The molecule has 22 heavy (non-hydrogen) atoms. The van der Waals surface area contributed by atoms with Crippen molar-refractivity contribution in [2.24, 2.45) is 0 Å². The van der Waals surface area contributed by atoms with E-state index >= 15 is 0 Å². The first-order chi connectivity index (χ1) is 10.6. The molecule has 1 heterocycles. The van der Waals surface area contributed by atoms with E-state index in [0.29, 0.717) is 24.5 Å². The van der Waals surface area contributed by atoms with Gasteiger partial charge in [0, 0.05) is 19.2 Å². The van der Waals surface area contributed by atoms with Crippen LogP contribution in [0.25, 0.3) is 0 Å². The maximum Gasteiger partial charge on any atom is 0.256 e. The van der Waals surface area contributed by atoms with Gasteiger partial charge in [-0.1, -0.05) is 6.07 Å². The maximum absolute atomic E-state index is 12.2. The smallest absolute Gasteiger partial charge is 0.256 e. The largest absolute Gasteiger partial charge is 0.383 e. The fourth-order valence-corrected chi connectivity index (χ4v) is 1.94. The molecule has 2 N–H and O–H groups in total. The van der Waals surface area contributed by atoms with Crippen molar-refractivity contribution in [3.8, 4) is 0 Å². The van der Waals surface area contributed by atoms with Crippen molar-refractivity contribution in [3.63, 3.8) is 0 Å². The summed E-state index contributed by atoms with van der Waals surface area (Å²) in [5, 5.41) is 5.97. The Morgan fingerprint density at radius 2 is 2.00 bits per heavy atom. The summed E-state index contributed by atoms with van der Waals surface area (Å²) < 4.78 is 4.97. The molecule has 0 unspecified atom stereocenters. The highest BCUT2D eigenvalue weighted by atomic mass is 16.5. The average molecular weight is 299 g/mol. The van der Waals surface area contributed by atoms with Gasteiger partial charge in [0.2, 0.25) is 0 Å². The molecule has 0 aliphatic rings. The van der Waals surface area contributed by atoms with Gasteiger partial charge in [-0.2, -0.15) is 0 Å². The monoisotopic (exact) mass is 299 g/mol. The molecule has 0 saturated heterocycles. The van der Waals surface area contributed by atoms with Gasteiger partial charge in [0.1, 0.15) is 5.82 Å². The van der Waals surface area contributed by atoms with E-state index in [-0.39, 0.29) is 5.91 Å². The molecule has 1 amide bonds. The number of rotatable bonds is 6. The highest BCUT2D eigenvalue weighted by Crippen LogP contribution is 2.13. The van der Waals surface area contributed by atoms with Gasteiger partial charge in [0.05, 0.1) is 18.5 Å². The first-order valence-electron chi connectivity index (χ1n) is 7.17. The van der Waals surface area contributed by atoms with E-state index < -0.39 is 0 Å². The molecule has 0 aliphatic heterocycles. The lowest BCUT2D eigenvalue weighted by Crippen LogP contribution is -2.13. The van der Waals surface area contributed by atoms with Crippen LogP contribution in [-0.2, 0) is 4.74 Å². The Morgan fingerprint density at radius 3 is 2.64 bits per heavy atom. The third-order valence-corrected chi connectivity index (χ3v) is 3.41. The lowest BCUT2D eigenvalue weighted by molar-refractivity contribution is 0.102. The van der Waals surface area contributed by atoms with E-state index in [9.17, 15) is 4.79 Å². The summed E-state index contributed by atoms with van der Waals surface area (Å²) in [6, 6.07) is 9.29. The summed E-state index contributed by atoms with van der Waals surface area (Å²) in [5.74, 6) is 0.371. The first kappa shape index (κ1) is 16.0. The SMILES string of the molecule is COCCNc1ccc(NC(=O)c2ccc(C)c(C)c2)nc1. The lowest BCUT2D eigenvalue weighted by Gasteiger charge is -2.08. The quantitative estimate of drug-likeness (QED) is 0.805. The third-order valence-electron chi connectivity index (χ3n) is 3.41. The number of nitrogens with zero attached hydrogens (tertiary/aromatic N) is 1. The minimum absolute atomic E-state index is 0.157. The predicted octanol–water partition coefficient (Wildman–Crippen LogP) is 3.01. The second kappa shape index (κ2) is 7.56. The Bertz CT molecular complexity index is 639. The lowest BCUT2D eigenvalue weighted by atomic mass is 10.1. The zero-order chi connectivity index (χ0) is 15.9. The van der Waals surface area contributed by atoms with Gasteiger partial charge in [0.15, 0.2) is 0 Å². The molecule has 2 rings (SSSR count). The summed E-state index contributed by atoms with van der Waals surface area (Å²) in [6.45, 7) is 5.36. The van der Waals surface area contributed by atoms with Crippen molar-refractivity contribution in [1.82, 2.24) is 4.98 Å². The van der Waals surface area contributed by atoms with Gasteiger partial charge in [-0.15, -0.1) is 0 Å². The zero-order valence-corrected chi connectivity index (χ0v) is 13.1. The Morgan fingerprint density at radius 1 is 1.18 bits per heavy atom. The van der Waals surface area contributed by atoms with Crippen LogP contribution in [-0.4, -0.2) is 31.2 Å². The first-order valence-corrected chi connectivity index (χ1v) is 7.17. The molecule has 0 bridgehead atoms. The Labute approximate surface area is 130 Å². The van der Waals surface area contributed by atoms with Crippen molar-refractivity contribution in [3.05, 3.63) is 53.2 Å². The molecular formula is C17H21N3O2. The number of nitrogens with one attached hydrogen (secondary N) is 2. The van der Waals surface area contributed by atoms with Gasteiger partial charge in [-0.05, 0) is 49.2 Å². The molecule has 5 heteroatoms. The molecule has 0 atom stereocenters. The molecule has 116 valence electrons. The summed E-state index contributed by atoms with van der Waals surface area (Å²) >= 11 is 0. The minimum Gasteiger partial charge on any atom is -0.383 e.